The van der Waals surface area contributed by atoms with Gasteiger partial charge in [0.2, 0.25) is 11.9 Å². The minimum absolute atomic E-state index is 0.183. The van der Waals surface area contributed by atoms with E-state index in [0.29, 0.717) is 17.8 Å². The summed E-state index contributed by atoms with van der Waals surface area (Å²) in [7, 11) is 0. The number of halogens is 1. The third-order valence-corrected chi connectivity index (χ3v) is 4.74. The van der Waals surface area contributed by atoms with E-state index in [1.165, 1.54) is 0 Å². The van der Waals surface area contributed by atoms with Crippen LogP contribution in [0, 0.1) is 0 Å². The number of fused-ring (bicyclic) bond motifs is 1. The predicted molar refractivity (Wildman–Crippen MR) is 114 cm³/mol. The van der Waals surface area contributed by atoms with Crippen molar-refractivity contribution in [3.05, 3.63) is 39.5 Å². The minimum Gasteiger partial charge on any atom is -0.392 e. The highest BCUT2D eigenvalue weighted by Crippen LogP contribution is 2.39. The van der Waals surface area contributed by atoms with E-state index in [-0.39, 0.29) is 24.2 Å². The maximum Gasteiger partial charge on any atom is 0.238 e. The van der Waals surface area contributed by atoms with Crippen LogP contribution in [0.15, 0.2) is 27.7 Å². The Morgan fingerprint density at radius 1 is 1.46 bits per heavy atom. The van der Waals surface area contributed by atoms with E-state index < -0.39 is 12.0 Å². The average Bonchev–Trinajstić information content (AvgIpc) is 2.96. The second kappa shape index (κ2) is 8.66. The lowest BCUT2D eigenvalue weighted by atomic mass is 9.94. The quantitative estimate of drug-likeness (QED) is 0.484. The fourth-order valence-corrected chi connectivity index (χ4v) is 3.34. The van der Waals surface area contributed by atoms with Crippen molar-refractivity contribution in [3.63, 3.8) is 0 Å². The van der Waals surface area contributed by atoms with Gasteiger partial charge in [-0.3, -0.25) is 9.79 Å². The molecular weight excluding hydrogens is 424 g/mol. The molecule has 2 atom stereocenters. The first-order valence-electron chi connectivity index (χ1n) is 9.10. The third-order valence-electron chi connectivity index (χ3n) is 4.25. The number of aliphatic hydroxyl groups is 1. The van der Waals surface area contributed by atoms with Gasteiger partial charge in [0.15, 0.2) is 0 Å². The zero-order chi connectivity index (χ0) is 20.3. The van der Waals surface area contributed by atoms with Crippen molar-refractivity contribution in [3.8, 4) is 0 Å². The largest absolute Gasteiger partial charge is 0.392 e. The Morgan fingerprint density at radius 2 is 2.25 bits per heavy atom. The Bertz CT molecular complexity index is 916. The Morgan fingerprint density at radius 3 is 2.96 bits per heavy atom. The van der Waals surface area contributed by atoms with Gasteiger partial charge in [-0.15, -0.1) is 0 Å². The van der Waals surface area contributed by atoms with Gasteiger partial charge in [-0.2, -0.15) is 4.98 Å². The number of aliphatic hydroxyl groups excluding tert-OH is 1. The van der Waals surface area contributed by atoms with Crippen molar-refractivity contribution in [2.24, 2.45) is 4.99 Å². The number of nitrogens with two attached hydrogens (primary N) is 1. The molecule has 148 valence electrons. The number of aromatic nitrogens is 2. The lowest BCUT2D eigenvalue weighted by molar-refractivity contribution is -0.116. The average molecular weight is 447 g/mol. The Hall–Kier alpha value is -2.52. The summed E-state index contributed by atoms with van der Waals surface area (Å²) < 4.78 is 0.864. The summed E-state index contributed by atoms with van der Waals surface area (Å²) >= 11 is 3.46. The first kappa shape index (κ1) is 20.2. The number of benzene rings is 1. The van der Waals surface area contributed by atoms with E-state index in [4.69, 9.17) is 5.73 Å². The van der Waals surface area contributed by atoms with E-state index in [0.717, 1.165) is 22.1 Å². The number of hydrogen-bond donors (Lipinski definition) is 4. The summed E-state index contributed by atoms with van der Waals surface area (Å²) in [5.41, 5.74) is 8.75. The van der Waals surface area contributed by atoms with Gasteiger partial charge in [0.25, 0.3) is 0 Å². The number of carbonyl (C=O) groups is 1. The zero-order valence-electron chi connectivity index (χ0n) is 15.7. The third kappa shape index (κ3) is 4.31. The van der Waals surface area contributed by atoms with Crippen LogP contribution in [0.5, 0.6) is 0 Å². The number of aliphatic imine (C=N–C) groups is 1. The number of anilines is 3. The fourth-order valence-electron chi connectivity index (χ4n) is 2.96. The van der Waals surface area contributed by atoms with E-state index in [1.807, 2.05) is 25.1 Å². The van der Waals surface area contributed by atoms with Crippen molar-refractivity contribution >= 4 is 45.5 Å². The summed E-state index contributed by atoms with van der Waals surface area (Å²) in [4.78, 5) is 26.0. The van der Waals surface area contributed by atoms with Gasteiger partial charge in [0.05, 0.1) is 17.4 Å². The molecule has 0 saturated carbocycles. The van der Waals surface area contributed by atoms with Crippen LogP contribution in [0.3, 0.4) is 0 Å². The molecule has 1 aromatic carbocycles. The van der Waals surface area contributed by atoms with Gasteiger partial charge >= 0.3 is 0 Å². The topological polar surface area (TPSA) is 126 Å². The van der Waals surface area contributed by atoms with Gasteiger partial charge in [-0.25, -0.2) is 4.98 Å². The zero-order valence-corrected chi connectivity index (χ0v) is 17.3. The second-order valence-electron chi connectivity index (χ2n) is 6.65. The molecule has 1 amide bonds. The molecule has 0 spiro atoms. The number of carbonyl (C=O) groups excluding carboxylic acids is 1. The van der Waals surface area contributed by atoms with Crippen LogP contribution < -0.4 is 16.4 Å². The lowest BCUT2D eigenvalue weighted by Gasteiger charge is -2.16. The second-order valence-corrected chi connectivity index (χ2v) is 7.57. The number of nitrogen functional groups attached to an aromatic ring is 1. The molecule has 0 bridgehead atoms. The molecular formula is C19H23BrN6O2. The lowest BCUT2D eigenvalue weighted by Crippen LogP contribution is -2.21. The van der Waals surface area contributed by atoms with Gasteiger partial charge in [-0.1, -0.05) is 22.9 Å². The number of nitrogens with one attached hydrogen (secondary N) is 2. The summed E-state index contributed by atoms with van der Waals surface area (Å²) in [6, 6.07) is 5.61. The Balaban J connectivity index is 2.11. The number of nitrogens with zero attached hydrogens (tertiary/aromatic N) is 3. The summed E-state index contributed by atoms with van der Waals surface area (Å²) in [6.07, 6.45) is 1.95. The number of hydrogen-bond acceptors (Lipinski definition) is 7. The molecule has 1 aliphatic heterocycles. The van der Waals surface area contributed by atoms with Crippen molar-refractivity contribution in [2.45, 2.75) is 32.3 Å². The molecule has 0 aliphatic carbocycles. The van der Waals surface area contributed by atoms with Crippen LogP contribution in [0.1, 0.15) is 43.0 Å². The Labute approximate surface area is 171 Å². The minimum atomic E-state index is -0.632. The molecule has 1 aliphatic rings. The molecule has 28 heavy (non-hydrogen) atoms. The van der Waals surface area contributed by atoms with Gasteiger partial charge in [0, 0.05) is 29.5 Å². The monoisotopic (exact) mass is 446 g/mol. The highest BCUT2D eigenvalue weighted by Gasteiger charge is 2.35. The molecule has 0 saturated heterocycles. The molecule has 9 heteroatoms. The number of rotatable bonds is 7. The predicted octanol–water partition coefficient (Wildman–Crippen LogP) is 2.53. The molecule has 1 unspecified atom stereocenters. The fraction of sp³-hybridized carbons (Fsp3) is 0.368. The Kier molecular flexibility index (Phi) is 6.25. The maximum absolute atomic E-state index is 12.8. The van der Waals surface area contributed by atoms with Crippen molar-refractivity contribution < 1.29 is 9.90 Å². The summed E-state index contributed by atoms with van der Waals surface area (Å²) in [5.74, 6) is -0.322. The van der Waals surface area contributed by atoms with Crippen LogP contribution in [-0.2, 0) is 4.79 Å². The van der Waals surface area contributed by atoms with E-state index in [1.54, 1.807) is 13.1 Å². The van der Waals surface area contributed by atoms with Gasteiger partial charge < -0.3 is 21.5 Å². The molecule has 2 aromatic rings. The summed E-state index contributed by atoms with van der Waals surface area (Å²) in [5, 5.41) is 15.4. The molecule has 5 N–H and O–H groups in total. The van der Waals surface area contributed by atoms with Crippen molar-refractivity contribution in [1.29, 1.82) is 0 Å². The highest BCUT2D eigenvalue weighted by molar-refractivity contribution is 9.10. The van der Waals surface area contributed by atoms with Crippen LogP contribution in [0.4, 0.5) is 17.5 Å². The van der Waals surface area contributed by atoms with E-state index >= 15 is 0 Å². The maximum atomic E-state index is 12.8. The number of amides is 1. The highest BCUT2D eigenvalue weighted by atomic mass is 79.9. The molecule has 2 heterocycles. The first-order chi connectivity index (χ1) is 13.4. The van der Waals surface area contributed by atoms with Crippen LogP contribution in [0.25, 0.3) is 0 Å². The van der Waals surface area contributed by atoms with Crippen LogP contribution in [-0.4, -0.2) is 46.4 Å². The standard InChI is InChI=1S/C19H23BrN6O2/c1-3-6-22-9-13-16(25-19(26-17(13)21)23-8-10(2)27)15-12-7-11(20)4-5-14(12)24-18(15)28/h4-5,7,9-10,15,27H,3,6,8H2,1-2H3,(H,24,28)(H3,21,23,25,26)/t10-,15?/m0/s1. The normalized spacial score (nSPS) is 16.9. The van der Waals surface area contributed by atoms with Crippen LogP contribution in [0.2, 0.25) is 0 Å². The van der Waals surface area contributed by atoms with Gasteiger partial charge in [-0.05, 0) is 37.1 Å². The van der Waals surface area contributed by atoms with E-state index in [2.05, 4.69) is 41.5 Å². The molecule has 0 fully saturated rings. The van der Waals surface area contributed by atoms with Crippen LogP contribution >= 0.6 is 15.9 Å². The van der Waals surface area contributed by atoms with E-state index in [9.17, 15) is 9.90 Å². The summed E-state index contributed by atoms with van der Waals surface area (Å²) in [6.45, 7) is 4.58. The van der Waals surface area contributed by atoms with Crippen molar-refractivity contribution in [1.82, 2.24) is 9.97 Å². The SMILES string of the molecule is CCCN=Cc1c(N)nc(NC[C@H](C)O)nc1C1C(=O)Nc2ccc(Br)cc21. The molecule has 1 aromatic heterocycles. The first-order valence-corrected chi connectivity index (χ1v) is 9.89. The smallest absolute Gasteiger partial charge is 0.238 e. The van der Waals surface area contributed by atoms with Crippen molar-refractivity contribution in [2.75, 3.05) is 29.5 Å². The van der Waals surface area contributed by atoms with Gasteiger partial charge in [0.1, 0.15) is 11.7 Å². The molecule has 3 rings (SSSR count). The molecule has 8 nitrogen and oxygen atoms in total. The molecule has 0 radical (unpaired) electrons.